The van der Waals surface area contributed by atoms with Gasteiger partial charge in [-0.05, 0) is 232 Å². The summed E-state index contributed by atoms with van der Waals surface area (Å²) in [7, 11) is 0. The van der Waals surface area contributed by atoms with E-state index in [1.165, 1.54) is 165 Å². The second-order valence-corrected chi connectivity index (χ2v) is 26.0. The quantitative estimate of drug-likeness (QED) is 0.151. The van der Waals surface area contributed by atoms with Gasteiger partial charge >= 0.3 is 0 Å². The van der Waals surface area contributed by atoms with E-state index >= 15 is 0 Å². The van der Waals surface area contributed by atoms with Crippen molar-refractivity contribution < 1.29 is 0 Å². The third-order valence-corrected chi connectivity index (χ3v) is 20.4. The summed E-state index contributed by atoms with van der Waals surface area (Å²) in [4.78, 5) is 0. The fourth-order valence-corrected chi connectivity index (χ4v) is 15.8. The van der Waals surface area contributed by atoms with E-state index in [1.807, 2.05) is 0 Å². The molecule has 0 amide bonds. The molecule has 2 heteroatoms. The topological polar surface area (TPSA) is 9.86 Å². The Morgan fingerprint density at radius 2 is 0.750 bits per heavy atom. The molecule has 0 N–H and O–H groups in total. The second kappa shape index (κ2) is 19.0. The fourth-order valence-electron chi connectivity index (χ4n) is 15.8. The molecular weight excluding hydrogens is 1060 g/mol. The molecule has 13 aromatic carbocycles. The number of para-hydroxylation sites is 1. The van der Waals surface area contributed by atoms with Gasteiger partial charge in [0.25, 0.3) is 0 Å². The molecule has 0 radical (unpaired) electrons. The van der Waals surface area contributed by atoms with Gasteiger partial charge in [0, 0.05) is 43.7 Å². The van der Waals surface area contributed by atoms with Gasteiger partial charge in [-0.15, -0.1) is 0 Å². The molecule has 0 spiro atoms. The maximum absolute atomic E-state index is 2.51. The summed E-state index contributed by atoms with van der Waals surface area (Å²) in [6.45, 7) is 9.62. The first-order chi connectivity index (χ1) is 43.1. The number of aromatic nitrogens is 2. The van der Waals surface area contributed by atoms with E-state index in [9.17, 15) is 0 Å². The molecule has 88 heavy (non-hydrogen) atoms. The Bertz CT molecular complexity index is 5440. The molecule has 15 aromatic rings. The lowest BCUT2D eigenvalue weighted by Gasteiger charge is -2.25. The Hall–Kier alpha value is -10.5. The minimum atomic E-state index is -0.146. The minimum Gasteiger partial charge on any atom is -0.309 e. The molecule has 0 bridgehead atoms. The molecule has 3 aliphatic rings. The summed E-state index contributed by atoms with van der Waals surface area (Å²) in [6, 6.07) is 101. The van der Waals surface area contributed by atoms with Crippen LogP contribution in [0.1, 0.15) is 62.8 Å². The normalized spacial score (nSPS) is 14.6. The molecule has 0 fully saturated rings. The first-order valence-electron chi connectivity index (χ1n) is 31.3. The third-order valence-electron chi connectivity index (χ3n) is 20.4. The number of nitrogens with zero attached hydrogens (tertiary/aromatic N) is 2. The van der Waals surface area contributed by atoms with Gasteiger partial charge in [0.1, 0.15) is 0 Å². The number of fused-ring (bicyclic) bond motifs is 13. The van der Waals surface area contributed by atoms with Gasteiger partial charge in [0.2, 0.25) is 0 Å². The van der Waals surface area contributed by atoms with E-state index in [0.717, 1.165) is 18.5 Å². The lowest BCUT2D eigenvalue weighted by atomic mass is 9.78. The van der Waals surface area contributed by atoms with E-state index in [2.05, 4.69) is 316 Å². The second-order valence-electron chi connectivity index (χ2n) is 26.0. The van der Waals surface area contributed by atoms with E-state index in [1.54, 1.807) is 5.57 Å². The number of benzene rings is 13. The van der Waals surface area contributed by atoms with Gasteiger partial charge in [-0.2, -0.15) is 0 Å². The lowest BCUT2D eigenvalue weighted by Crippen LogP contribution is -2.17. The van der Waals surface area contributed by atoms with E-state index in [-0.39, 0.29) is 10.8 Å². The highest BCUT2D eigenvalue weighted by molar-refractivity contribution is 6.14. The summed E-state index contributed by atoms with van der Waals surface area (Å²) in [5, 5.41) is 10.1. The Labute approximate surface area is 513 Å². The lowest BCUT2D eigenvalue weighted by molar-refractivity contribution is 0.608. The van der Waals surface area contributed by atoms with Crippen molar-refractivity contribution in [2.75, 3.05) is 0 Å². The highest BCUT2D eigenvalue weighted by Crippen LogP contribution is 2.54. The van der Waals surface area contributed by atoms with Crippen LogP contribution in [0.3, 0.4) is 0 Å². The van der Waals surface area contributed by atoms with Gasteiger partial charge in [-0.1, -0.05) is 209 Å². The smallest absolute Gasteiger partial charge is 0.0544 e. The van der Waals surface area contributed by atoms with Crippen molar-refractivity contribution in [3.8, 4) is 78.1 Å². The van der Waals surface area contributed by atoms with Crippen LogP contribution in [-0.2, 0) is 10.8 Å². The van der Waals surface area contributed by atoms with Crippen molar-refractivity contribution >= 4 is 70.7 Å². The predicted molar refractivity (Wildman–Crippen MR) is 373 cm³/mol. The van der Waals surface area contributed by atoms with Crippen LogP contribution < -0.4 is 0 Å². The maximum atomic E-state index is 2.51. The van der Waals surface area contributed by atoms with Crippen LogP contribution in [0.4, 0.5) is 0 Å². The molecular formula is C86H62N2. The Kier molecular flexibility index (Phi) is 10.9. The largest absolute Gasteiger partial charge is 0.309 e. The van der Waals surface area contributed by atoms with Crippen molar-refractivity contribution in [2.45, 2.75) is 51.4 Å². The van der Waals surface area contributed by atoms with Crippen LogP contribution in [0, 0.1) is 0 Å². The number of allylic oxidation sites excluding steroid dienone is 4. The molecule has 416 valence electrons. The van der Waals surface area contributed by atoms with Crippen LogP contribution >= 0.6 is 0 Å². The van der Waals surface area contributed by atoms with Gasteiger partial charge in [0.15, 0.2) is 0 Å². The van der Waals surface area contributed by atoms with Crippen LogP contribution in [-0.4, -0.2) is 9.13 Å². The average Bonchev–Trinajstić information content (AvgIpc) is 1.60. The Balaban J connectivity index is 0.733. The molecule has 2 nitrogen and oxygen atoms in total. The van der Waals surface area contributed by atoms with Crippen molar-refractivity contribution in [1.29, 1.82) is 0 Å². The summed E-state index contributed by atoms with van der Waals surface area (Å²) in [5.41, 5.74) is 30.3. The van der Waals surface area contributed by atoms with Crippen molar-refractivity contribution in [2.24, 2.45) is 0 Å². The highest BCUT2D eigenvalue weighted by atomic mass is 15.0. The summed E-state index contributed by atoms with van der Waals surface area (Å²) >= 11 is 0. The summed E-state index contributed by atoms with van der Waals surface area (Å²) < 4.78 is 4.99. The molecule has 18 rings (SSSR count). The van der Waals surface area contributed by atoms with Crippen LogP contribution in [0.2, 0.25) is 0 Å². The zero-order valence-corrected chi connectivity index (χ0v) is 49.9. The van der Waals surface area contributed by atoms with Crippen molar-refractivity contribution in [3.63, 3.8) is 0 Å². The van der Waals surface area contributed by atoms with E-state index < -0.39 is 0 Å². The maximum Gasteiger partial charge on any atom is 0.0544 e. The Morgan fingerprint density at radius 3 is 1.40 bits per heavy atom. The molecule has 3 aliphatic carbocycles. The first kappa shape index (κ1) is 50.8. The van der Waals surface area contributed by atoms with Gasteiger partial charge in [-0.25, -0.2) is 0 Å². The highest BCUT2D eigenvalue weighted by Gasteiger charge is 2.39. The molecule has 0 aliphatic heterocycles. The zero-order chi connectivity index (χ0) is 58.6. The first-order valence-corrected chi connectivity index (χ1v) is 31.3. The SMILES string of the molecule is CC1(C)C2=C(C=CCC2)c2cc3c4ccccc4n(-c4ccc(-c5ccc(-n6c7ccc(-c8cccc(-c9cc(-c%10ccc%11ccccc%11c%10)cc(-c%10ccc%11ccccc%11c%10)c9)c8)cc7c7cc8c(cc76)C(C)(C)c6ccccc6-8)cc5)cc4)c3cc21. The molecule has 2 aromatic heterocycles. The van der Waals surface area contributed by atoms with Gasteiger partial charge in [0.05, 0.1) is 22.1 Å². The standard InChI is InChI=1S/C86H62N2/c1-85(2)77-25-12-9-22-69(77)72-49-75-71-24-11-14-27-81(71)87(83(75)51-79(72)85)67-37-32-55(33-38-67)56-34-39-68(40-35-56)88-82-41-36-63(48-74(82)76-50-73-70-23-10-13-26-78(70)86(3,4)80(73)52-84(76)88)59-20-15-21-60(44-59)64-45-65(61-30-28-53-16-5-7-18-57(53)42-61)47-66(46-64)62-31-29-54-17-6-8-19-58(54)43-62/h5-11,13-24,26-52H,12,25H2,1-4H3. The van der Waals surface area contributed by atoms with Crippen LogP contribution in [0.15, 0.2) is 285 Å². The van der Waals surface area contributed by atoms with Crippen molar-refractivity contribution in [1.82, 2.24) is 9.13 Å². The van der Waals surface area contributed by atoms with Crippen molar-refractivity contribution in [3.05, 3.63) is 307 Å². The number of rotatable bonds is 7. The van der Waals surface area contributed by atoms with Gasteiger partial charge in [-0.3, -0.25) is 0 Å². The average molecular weight is 1120 g/mol. The van der Waals surface area contributed by atoms with Crippen LogP contribution in [0.25, 0.3) is 149 Å². The Morgan fingerprint density at radius 1 is 0.284 bits per heavy atom. The molecule has 0 saturated carbocycles. The zero-order valence-electron chi connectivity index (χ0n) is 49.9. The number of hydrogen-bond donors (Lipinski definition) is 0. The molecule has 0 atom stereocenters. The van der Waals surface area contributed by atoms with E-state index in [0.29, 0.717) is 0 Å². The van der Waals surface area contributed by atoms with E-state index in [4.69, 9.17) is 0 Å². The third kappa shape index (κ3) is 7.68. The fraction of sp³-hybridized carbons (Fsp3) is 0.0930. The minimum absolute atomic E-state index is 0.00122. The van der Waals surface area contributed by atoms with Gasteiger partial charge < -0.3 is 9.13 Å². The predicted octanol–water partition coefficient (Wildman–Crippen LogP) is 23.2. The molecule has 2 heterocycles. The summed E-state index contributed by atoms with van der Waals surface area (Å²) in [6.07, 6.45) is 6.98. The molecule has 0 saturated heterocycles. The number of hydrogen-bond acceptors (Lipinski definition) is 0. The monoisotopic (exact) mass is 1120 g/mol. The van der Waals surface area contributed by atoms with Crippen LogP contribution in [0.5, 0.6) is 0 Å². The summed E-state index contributed by atoms with van der Waals surface area (Å²) in [5.74, 6) is 0. The molecule has 0 unspecified atom stereocenters.